The SMILES string of the molecule is Nc1nc(N)c2ncn([C@@H]3O[C@@H]4COP(=O)(O)O[C@@H]5[C@H](O)[C@@H](COP(=O)(O)O[C@H]4[C@H]3O)O[C@H]5n3cnc4c(=O)[nH]cnc43)c2n1.Nc1nc2c(ncn2[C@@H]2O[C@@H]3COP(=O)(O)O[C@H]4[C@@H](O)[C@H](C5=NCc6c(N)ncnc65)O[C@@H]4COP(=O)(O)O[C@@H]2[C@@H]3O)c(=O)[nH]1.Nc1nc2c(ncn2[C@@H]2O[C@@H]3COP(=O)(O)O[C@H]4[C@H](O)[C@H](n5cnc6c(N)ncnc65)O[C@@H]4COP(=O)(O)O[C@@H]2[C@@H]3O)c(=O)[nH]1. The van der Waals surface area contributed by atoms with Crippen LogP contribution < -0.4 is 51.1 Å². The van der Waals surface area contributed by atoms with Gasteiger partial charge < -0.3 is 128 Å². The zero-order valence-electron chi connectivity index (χ0n) is 67.4. The van der Waals surface area contributed by atoms with Crippen molar-refractivity contribution in [3.8, 4) is 0 Å². The number of phosphoric ester groups is 6. The van der Waals surface area contributed by atoms with E-state index < -0.39 is 250 Å². The molecule has 27 N–H and O–H groups in total. The first-order valence-electron chi connectivity index (χ1n) is 39.1. The van der Waals surface area contributed by atoms with Crippen LogP contribution in [0.2, 0.25) is 0 Å². The van der Waals surface area contributed by atoms with Gasteiger partial charge in [0.2, 0.25) is 17.8 Å². The van der Waals surface area contributed by atoms with Crippen LogP contribution in [0, 0.1) is 0 Å². The number of hydrogen-bond acceptors (Lipinski definition) is 54. The second-order valence-corrected chi connectivity index (χ2v) is 39.1. The third-order valence-corrected chi connectivity index (χ3v) is 28.1. The average Bonchev–Trinajstić information content (AvgIpc) is 1.63. The maximum atomic E-state index is 13.2. The number of aliphatic hydroxyl groups excluding tert-OH is 6. The highest BCUT2D eigenvalue weighted by Gasteiger charge is 2.60. The number of nitrogens with zero attached hydrogens (tertiary/aromatic N) is 20. The number of aliphatic hydroxyl groups is 6. The molecule has 726 valence electrons. The number of aromatic nitrogens is 22. The molecule has 0 saturated carbocycles. The van der Waals surface area contributed by atoms with E-state index in [-0.39, 0.29) is 109 Å². The highest BCUT2D eigenvalue weighted by Crippen LogP contribution is 2.59. The molecule has 10 aliphatic rings. The summed E-state index contributed by atoms with van der Waals surface area (Å²) in [6.07, 6.45) is -28.7. The molecule has 0 aromatic carbocycles. The van der Waals surface area contributed by atoms with E-state index in [1.807, 2.05) is 0 Å². The lowest BCUT2D eigenvalue weighted by atomic mass is 10.0. The molecule has 11 aromatic rings. The summed E-state index contributed by atoms with van der Waals surface area (Å²) in [4.78, 5) is 168. The Morgan fingerprint density at radius 1 is 0.341 bits per heavy atom. The number of aliphatic imine (C=N–C) groups is 1. The van der Waals surface area contributed by atoms with Gasteiger partial charge in [0.1, 0.15) is 145 Å². The molecule has 135 heavy (non-hydrogen) atoms. The van der Waals surface area contributed by atoms with Gasteiger partial charge in [0.15, 0.2) is 87.6 Å². The summed E-state index contributed by atoms with van der Waals surface area (Å²) in [5.41, 5.74) is 33.2. The van der Waals surface area contributed by atoms with Crippen LogP contribution in [0.25, 0.3) is 55.8 Å². The Morgan fingerprint density at radius 3 is 1.13 bits per heavy atom. The lowest BCUT2D eigenvalue weighted by Crippen LogP contribution is -2.39. The first-order chi connectivity index (χ1) is 63.9. The summed E-state index contributed by atoms with van der Waals surface area (Å²) in [5.74, 6) is -0.656. The predicted octanol–water partition coefficient (Wildman–Crippen LogP) is -7.20. The van der Waals surface area contributed by atoms with Crippen molar-refractivity contribution in [2.75, 3.05) is 74.0 Å². The van der Waals surface area contributed by atoms with Crippen LogP contribution in [0.5, 0.6) is 0 Å². The molecule has 21 heterocycles. The molecule has 0 amide bonds. The fourth-order valence-electron chi connectivity index (χ4n) is 16.1. The second-order valence-electron chi connectivity index (χ2n) is 30.6. The van der Waals surface area contributed by atoms with E-state index >= 15 is 0 Å². The van der Waals surface area contributed by atoms with Crippen LogP contribution in [0.4, 0.5) is 35.3 Å². The number of nitrogens with two attached hydrogens (primary N) is 6. The second kappa shape index (κ2) is 35.4. The average molecular weight is 2020 g/mol. The number of nitrogen functional groups attached to an aromatic ring is 6. The lowest BCUT2D eigenvalue weighted by Gasteiger charge is -2.25. The van der Waals surface area contributed by atoms with Crippen molar-refractivity contribution < 1.29 is 170 Å². The minimum Gasteiger partial charge on any atom is -0.387 e. The predicted molar refractivity (Wildman–Crippen MR) is 432 cm³/mol. The summed E-state index contributed by atoms with van der Waals surface area (Å²) >= 11 is 0. The quantitative estimate of drug-likeness (QED) is 0.0688. The van der Waals surface area contributed by atoms with Crippen molar-refractivity contribution in [2.24, 2.45) is 4.99 Å². The minimum atomic E-state index is -5.11. The van der Waals surface area contributed by atoms with Crippen molar-refractivity contribution >= 4 is 144 Å². The molecule has 0 radical (unpaired) electrons. The first kappa shape index (κ1) is 93.9. The molecule has 0 spiro atoms. The van der Waals surface area contributed by atoms with E-state index in [9.17, 15) is 102 Å². The van der Waals surface area contributed by atoms with Gasteiger partial charge in [-0.05, 0) is 0 Å². The third kappa shape index (κ3) is 18.0. The zero-order valence-corrected chi connectivity index (χ0v) is 72.8. The standard InChI is InChI=1S/C21H25N9O13P2.2C20H24N10O13P2/c22-17-6-1-24-10(9(6)25-4-26-17)15-13(32)14-8(40-15)3-39-45(36,37)43-16-12(31)7(2-38-44(34,35)42-14)41-20(16)30-5-27-11-18(30)28-21(23)29-19(11)33;21-14-8-16(28-20(22)27-14)30(4-25-8)18-11(32)12-7(41-18)2-39-45(36,37)43-13-10(31)6(1-38-44(34,35)42-12)40-19(13)29-5-26-9-15(29)23-3-24-17(9)33;21-14-8-15(24-3-23-14)29(4-25-8)18-11(32)12-7(41-18)2-39-45(36,37)43-13-10(31)6(1-38-44(34,35)42-12)40-19(13)30-5-26-9-16(30)27-20(22)28-17(9)33/h4-5,7-8,12-16,20,31-32H,1-3H2,(H,34,35)(H,36,37)(H2,22,25,26)(H3,23,28,29,33);3-7,10-13,18-19,31-32H,1-2H2,(H,34,35)(H,36,37)(H,23,24,33)(H4,21,22,27,28);3-7,10-13,18-19,31-32H,1-2H2,(H,34,35)(H,36,37)(H2,21,23,24)(H3,22,27,28,33)/t7-,8-,12-,13-,14-,15+,16-,20-;6-,7-,10-,11-,12-,13-,18-,19-;6-,7-,10-,11+,12-,13-,18-,19-/m111/s1. The Morgan fingerprint density at radius 2 is 0.681 bits per heavy atom. The van der Waals surface area contributed by atoms with Gasteiger partial charge in [-0.25, -0.2) is 77.2 Å². The van der Waals surface area contributed by atoms with Crippen molar-refractivity contribution in [2.45, 2.75) is 154 Å². The van der Waals surface area contributed by atoms with E-state index in [0.717, 1.165) is 45.3 Å². The molecular formula is C61H73N29O39P6. The third-order valence-electron chi connectivity index (χ3n) is 22.2. The molecule has 68 nitrogen and oxygen atoms in total. The Balaban J connectivity index is 0.000000130. The monoisotopic (exact) mass is 2020 g/mol. The van der Waals surface area contributed by atoms with Crippen LogP contribution in [-0.4, -0.2) is 329 Å². The van der Waals surface area contributed by atoms with Crippen molar-refractivity contribution in [1.82, 2.24) is 108 Å². The highest BCUT2D eigenvalue weighted by molar-refractivity contribution is 7.48. The van der Waals surface area contributed by atoms with E-state index in [0.29, 0.717) is 5.56 Å². The van der Waals surface area contributed by atoms with E-state index in [2.05, 4.69) is 89.7 Å². The van der Waals surface area contributed by atoms with E-state index in [1.54, 1.807) is 0 Å². The summed E-state index contributed by atoms with van der Waals surface area (Å²) in [6, 6.07) is 0. The maximum absolute atomic E-state index is 13.2. The topological polar surface area (TPSA) is 983 Å². The number of aromatic amines is 3. The van der Waals surface area contributed by atoms with Gasteiger partial charge in [0.05, 0.1) is 95.6 Å². The largest absolute Gasteiger partial charge is 0.472 e. The van der Waals surface area contributed by atoms with Crippen LogP contribution in [0.3, 0.4) is 0 Å². The number of fused-ring (bicyclic) bond motifs is 15. The van der Waals surface area contributed by atoms with Crippen molar-refractivity contribution in [1.29, 1.82) is 0 Å². The normalized spacial score (nSPS) is 38.0. The molecular weight excluding hydrogens is 1950 g/mol. The number of H-pyrrole nitrogens is 3. The van der Waals surface area contributed by atoms with Crippen LogP contribution in [0.1, 0.15) is 42.4 Å². The lowest BCUT2D eigenvalue weighted by molar-refractivity contribution is -0.0673. The minimum absolute atomic E-state index is 0.0277. The molecule has 30 atom stereocenters. The zero-order chi connectivity index (χ0) is 95.5. The molecule has 6 unspecified atom stereocenters. The summed E-state index contributed by atoms with van der Waals surface area (Å²) in [5, 5.41) is 66.4. The summed E-state index contributed by atoms with van der Waals surface area (Å²) in [7, 11) is -30.5. The van der Waals surface area contributed by atoms with Gasteiger partial charge in [0.25, 0.3) is 16.7 Å². The maximum Gasteiger partial charge on any atom is 0.472 e. The van der Waals surface area contributed by atoms with Crippen LogP contribution >= 0.6 is 46.9 Å². The molecule has 9 fully saturated rings. The van der Waals surface area contributed by atoms with Crippen molar-refractivity contribution in [3.63, 3.8) is 0 Å². The molecule has 9 saturated heterocycles. The van der Waals surface area contributed by atoms with Gasteiger partial charge in [-0.3, -0.25) is 106 Å². The van der Waals surface area contributed by atoms with E-state index in [1.165, 1.54) is 28.1 Å². The Bertz CT molecular complexity index is 7010. The van der Waals surface area contributed by atoms with Crippen LogP contribution in [0.15, 0.2) is 70.0 Å². The van der Waals surface area contributed by atoms with E-state index in [4.69, 9.17) is 117 Å². The molecule has 21 rings (SSSR count). The van der Waals surface area contributed by atoms with Gasteiger partial charge in [-0.2, -0.15) is 19.9 Å². The Labute approximate surface area is 744 Å². The van der Waals surface area contributed by atoms with Gasteiger partial charge in [0, 0.05) is 5.56 Å². The Kier molecular flexibility index (Phi) is 24.6. The molecule has 74 heteroatoms. The van der Waals surface area contributed by atoms with Crippen molar-refractivity contribution in [3.05, 3.63) is 92.9 Å². The Hall–Kier alpha value is -10.1. The summed E-state index contributed by atoms with van der Waals surface area (Å²) < 4.78 is 182. The van der Waals surface area contributed by atoms with Gasteiger partial charge in [-0.1, -0.05) is 0 Å². The molecule has 10 aliphatic heterocycles. The molecule has 0 aliphatic carbocycles. The van der Waals surface area contributed by atoms with Crippen LogP contribution in [-0.2, 0) is 117 Å². The number of hydrogen-bond donors (Lipinski definition) is 21. The summed E-state index contributed by atoms with van der Waals surface area (Å²) in [6.45, 7) is -4.86. The molecule has 11 aromatic heterocycles. The smallest absolute Gasteiger partial charge is 0.387 e. The first-order valence-corrected chi connectivity index (χ1v) is 48.1. The number of rotatable bonds is 6. The number of anilines is 6. The molecule has 6 bridgehead atoms. The fraction of sp³-hybridized carbons (Fsp3) is 0.508. The van der Waals surface area contributed by atoms with Gasteiger partial charge in [-0.15, -0.1) is 0 Å². The van der Waals surface area contributed by atoms with Gasteiger partial charge >= 0.3 is 46.9 Å². The number of phosphoric acid groups is 6. The highest BCUT2D eigenvalue weighted by atomic mass is 31.2. The number of nitrogens with one attached hydrogen (secondary N) is 3. The number of ether oxygens (including phenoxy) is 6. The number of imidazole rings is 5. The fourth-order valence-corrected chi connectivity index (χ4v) is 21.8.